The first-order valence-electron chi connectivity index (χ1n) is 16.2. The van der Waals surface area contributed by atoms with E-state index in [9.17, 15) is 23.1 Å². The monoisotopic (exact) mass is 653 g/mol. The number of alkyl halides is 3. The number of carboxylic acid groups (broad SMARTS) is 1. The molecule has 6 rings (SSSR count). The Kier molecular flexibility index (Phi) is 9.51. The standard InChI is InChI=1S/C36H42F3N3O5/c1-23-18-24(19-25-10-14-41(20-28(23)25)26-11-16-46-17-12-26)21-47-33-27(6-4-7-29(33)36(37,38)39)30-8-5-9-32(40-30)42-15-13-35(2,34(43)44)31(42)22-45-3/h4-9,18-19,26,31H,10-17,20-22H2,1-3H3,(H,43,44)/t31-,35-/m1/s1. The number of anilines is 1. The summed E-state index contributed by atoms with van der Waals surface area (Å²) < 4.78 is 60.2. The van der Waals surface area contributed by atoms with Crippen LogP contribution >= 0.6 is 0 Å². The third-order valence-electron chi connectivity index (χ3n) is 10.2. The first kappa shape index (κ1) is 33.2. The lowest BCUT2D eigenvalue weighted by atomic mass is 9.83. The first-order valence-corrected chi connectivity index (χ1v) is 16.2. The number of aliphatic carboxylic acids is 1. The molecular formula is C36H42F3N3O5. The van der Waals surface area contributed by atoms with Gasteiger partial charge in [-0.15, -0.1) is 0 Å². The van der Waals surface area contributed by atoms with E-state index in [1.165, 1.54) is 24.3 Å². The van der Waals surface area contributed by atoms with Crippen LogP contribution in [0.25, 0.3) is 11.3 Å². The molecule has 0 saturated carbocycles. The summed E-state index contributed by atoms with van der Waals surface area (Å²) >= 11 is 0. The van der Waals surface area contributed by atoms with Crippen LogP contribution in [-0.2, 0) is 40.0 Å². The van der Waals surface area contributed by atoms with Gasteiger partial charge in [-0.3, -0.25) is 9.69 Å². The second kappa shape index (κ2) is 13.4. The van der Waals surface area contributed by atoms with Gasteiger partial charge in [0.05, 0.1) is 29.3 Å². The number of aromatic nitrogens is 1. The van der Waals surface area contributed by atoms with Gasteiger partial charge < -0.3 is 24.2 Å². The molecule has 0 unspecified atom stereocenters. The summed E-state index contributed by atoms with van der Waals surface area (Å²) in [5.41, 5.74) is 3.02. The maximum Gasteiger partial charge on any atom is 0.419 e. The van der Waals surface area contributed by atoms with Crippen molar-refractivity contribution in [1.82, 2.24) is 9.88 Å². The maximum atomic E-state index is 14.4. The fourth-order valence-corrected chi connectivity index (χ4v) is 7.39. The zero-order chi connectivity index (χ0) is 33.3. The van der Waals surface area contributed by atoms with E-state index in [-0.39, 0.29) is 24.5 Å². The zero-order valence-electron chi connectivity index (χ0n) is 27.1. The summed E-state index contributed by atoms with van der Waals surface area (Å²) in [4.78, 5) is 21.3. The van der Waals surface area contributed by atoms with E-state index in [1.54, 1.807) is 31.2 Å². The largest absolute Gasteiger partial charge is 0.488 e. The number of halogens is 3. The topological polar surface area (TPSA) is 84.4 Å². The molecule has 47 heavy (non-hydrogen) atoms. The number of aryl methyl sites for hydroxylation is 1. The molecule has 0 bridgehead atoms. The van der Waals surface area contributed by atoms with Gasteiger partial charge in [0.25, 0.3) is 0 Å². The van der Waals surface area contributed by atoms with E-state index in [4.69, 9.17) is 19.2 Å². The van der Waals surface area contributed by atoms with Crippen LogP contribution in [0, 0.1) is 12.3 Å². The molecule has 0 spiro atoms. The van der Waals surface area contributed by atoms with Crippen molar-refractivity contribution in [3.8, 4) is 17.0 Å². The number of para-hydroxylation sites is 1. The second-order valence-corrected chi connectivity index (χ2v) is 13.1. The molecule has 252 valence electrons. The van der Waals surface area contributed by atoms with Crippen LogP contribution in [0.15, 0.2) is 48.5 Å². The summed E-state index contributed by atoms with van der Waals surface area (Å²) in [7, 11) is 1.51. The highest BCUT2D eigenvalue weighted by molar-refractivity contribution is 5.77. The van der Waals surface area contributed by atoms with Crippen molar-refractivity contribution in [2.24, 2.45) is 5.41 Å². The first-order chi connectivity index (χ1) is 22.5. The average molecular weight is 654 g/mol. The number of carbonyl (C=O) groups is 1. The molecule has 11 heteroatoms. The number of benzene rings is 2. The molecule has 2 atom stereocenters. The van der Waals surface area contributed by atoms with Crippen molar-refractivity contribution in [3.05, 3.63) is 76.3 Å². The number of methoxy groups -OCH3 is 1. The minimum absolute atomic E-state index is 0.0312. The number of nitrogens with zero attached hydrogens (tertiary/aromatic N) is 3. The number of fused-ring (bicyclic) bond motifs is 1. The van der Waals surface area contributed by atoms with E-state index < -0.39 is 29.2 Å². The minimum Gasteiger partial charge on any atom is -0.488 e. The van der Waals surface area contributed by atoms with E-state index in [2.05, 4.69) is 17.9 Å². The van der Waals surface area contributed by atoms with Crippen LogP contribution in [0.2, 0.25) is 0 Å². The van der Waals surface area contributed by atoms with Gasteiger partial charge in [-0.05, 0) is 86.1 Å². The normalized spacial score (nSPS) is 22.3. The molecule has 1 N–H and O–H groups in total. The van der Waals surface area contributed by atoms with Crippen molar-refractivity contribution in [3.63, 3.8) is 0 Å². The highest BCUT2D eigenvalue weighted by Gasteiger charge is 2.50. The van der Waals surface area contributed by atoms with E-state index >= 15 is 0 Å². The number of hydrogen-bond donors (Lipinski definition) is 1. The summed E-state index contributed by atoms with van der Waals surface area (Å²) in [6.07, 6.45) is -1.32. The molecule has 2 aromatic carbocycles. The third kappa shape index (κ3) is 6.71. The molecule has 1 aromatic heterocycles. The fourth-order valence-electron chi connectivity index (χ4n) is 7.39. The molecule has 3 aromatic rings. The summed E-state index contributed by atoms with van der Waals surface area (Å²) in [5, 5.41) is 9.98. The van der Waals surface area contributed by atoms with Gasteiger partial charge in [0.1, 0.15) is 18.2 Å². The Morgan fingerprint density at radius 2 is 1.89 bits per heavy atom. The average Bonchev–Trinajstić information content (AvgIpc) is 3.40. The van der Waals surface area contributed by atoms with Crippen LogP contribution in [0.4, 0.5) is 19.0 Å². The lowest BCUT2D eigenvalue weighted by Crippen LogP contribution is -2.46. The molecule has 2 saturated heterocycles. The summed E-state index contributed by atoms with van der Waals surface area (Å²) in [5.74, 6) is -0.741. The maximum absolute atomic E-state index is 14.4. The summed E-state index contributed by atoms with van der Waals surface area (Å²) in [6.45, 7) is 7.70. The van der Waals surface area contributed by atoms with E-state index in [1.807, 2.05) is 11.0 Å². The number of rotatable bonds is 9. The zero-order valence-corrected chi connectivity index (χ0v) is 27.1. The van der Waals surface area contributed by atoms with Gasteiger partial charge in [-0.25, -0.2) is 4.98 Å². The minimum atomic E-state index is -4.65. The van der Waals surface area contributed by atoms with Gasteiger partial charge >= 0.3 is 12.1 Å². The smallest absolute Gasteiger partial charge is 0.419 e. The molecule has 0 radical (unpaired) electrons. The van der Waals surface area contributed by atoms with Gasteiger partial charge in [0.2, 0.25) is 0 Å². The Labute approximate surface area is 273 Å². The molecular weight excluding hydrogens is 611 g/mol. The molecule has 0 aliphatic carbocycles. The van der Waals surface area contributed by atoms with E-state index in [0.717, 1.165) is 62.8 Å². The quantitative estimate of drug-likeness (QED) is 0.280. The molecule has 2 fully saturated rings. The van der Waals surface area contributed by atoms with Crippen molar-refractivity contribution in [2.45, 2.75) is 70.9 Å². The van der Waals surface area contributed by atoms with Gasteiger partial charge in [0.15, 0.2) is 0 Å². The van der Waals surface area contributed by atoms with Crippen LogP contribution < -0.4 is 9.64 Å². The number of pyridine rings is 1. The second-order valence-electron chi connectivity index (χ2n) is 13.1. The Bertz CT molecular complexity index is 1610. The fraction of sp³-hybridized carbons (Fsp3) is 0.500. The Morgan fingerprint density at radius 3 is 2.62 bits per heavy atom. The predicted octanol–water partition coefficient (Wildman–Crippen LogP) is 6.51. The Hall–Kier alpha value is -3.67. The number of hydrogen-bond acceptors (Lipinski definition) is 7. The molecule has 4 heterocycles. The lowest BCUT2D eigenvalue weighted by molar-refractivity contribution is -0.149. The van der Waals surface area contributed by atoms with Crippen molar-refractivity contribution < 1.29 is 37.3 Å². The molecule has 3 aliphatic rings. The Balaban J connectivity index is 1.28. The van der Waals surface area contributed by atoms with Crippen LogP contribution in [0.1, 0.15) is 54.0 Å². The number of carboxylic acids is 1. The molecule has 0 amide bonds. The highest BCUT2D eigenvalue weighted by Crippen LogP contribution is 2.44. The van der Waals surface area contributed by atoms with Crippen molar-refractivity contribution >= 4 is 11.8 Å². The van der Waals surface area contributed by atoms with Crippen LogP contribution in [0.5, 0.6) is 5.75 Å². The van der Waals surface area contributed by atoms with Crippen LogP contribution in [0.3, 0.4) is 0 Å². The Morgan fingerprint density at radius 1 is 1.13 bits per heavy atom. The van der Waals surface area contributed by atoms with E-state index in [0.29, 0.717) is 30.5 Å². The van der Waals surface area contributed by atoms with Crippen molar-refractivity contribution in [1.29, 1.82) is 0 Å². The van der Waals surface area contributed by atoms with Gasteiger partial charge in [-0.2, -0.15) is 13.2 Å². The molecule has 8 nitrogen and oxygen atoms in total. The van der Waals surface area contributed by atoms with Crippen LogP contribution in [-0.4, -0.2) is 73.1 Å². The molecule has 3 aliphatic heterocycles. The number of ether oxygens (including phenoxy) is 3. The SMILES string of the molecule is COC[C@H]1N(c2cccc(-c3cccc(C(F)(F)F)c3OCc3cc(C)c4c(c3)CCN(C3CCOCC3)C4)n2)CC[C@@]1(C)C(=O)O. The predicted molar refractivity (Wildman–Crippen MR) is 172 cm³/mol. The van der Waals surface area contributed by atoms with Gasteiger partial charge in [-0.1, -0.05) is 24.3 Å². The summed E-state index contributed by atoms with van der Waals surface area (Å²) in [6, 6.07) is 13.2. The van der Waals surface area contributed by atoms with Crippen molar-refractivity contribution in [2.75, 3.05) is 44.9 Å². The third-order valence-corrected chi connectivity index (χ3v) is 10.2. The van der Waals surface area contributed by atoms with Gasteiger partial charge in [0, 0.05) is 51.6 Å². The highest BCUT2D eigenvalue weighted by atomic mass is 19.4. The lowest BCUT2D eigenvalue weighted by Gasteiger charge is -2.38.